The summed E-state index contributed by atoms with van der Waals surface area (Å²) in [4.78, 5) is 0. The van der Waals surface area contributed by atoms with Gasteiger partial charge in [0, 0.05) is 18.5 Å². The predicted octanol–water partition coefficient (Wildman–Crippen LogP) is 1.74. The van der Waals surface area contributed by atoms with Gasteiger partial charge in [-0.3, -0.25) is 0 Å². The first-order valence-electron chi connectivity index (χ1n) is 5.40. The van der Waals surface area contributed by atoms with Crippen LogP contribution in [-0.4, -0.2) is 29.5 Å². The van der Waals surface area contributed by atoms with Crippen LogP contribution in [0.3, 0.4) is 0 Å². The molecule has 2 rings (SSSR count). The zero-order chi connectivity index (χ0) is 12.5. The largest absolute Gasteiger partial charge is 0.420 e. The van der Waals surface area contributed by atoms with Crippen LogP contribution in [-0.2, 0) is 0 Å². The van der Waals surface area contributed by atoms with Crippen molar-refractivity contribution in [2.24, 2.45) is 0 Å². The van der Waals surface area contributed by atoms with E-state index in [9.17, 15) is 13.2 Å². The summed E-state index contributed by atoms with van der Waals surface area (Å²) >= 11 is 0. The molecule has 0 bridgehead atoms. The number of aliphatic hydroxyl groups excluding tert-OH is 1. The number of piperidine rings is 1. The molecule has 0 radical (unpaired) electrons. The molecule has 0 aromatic carbocycles. The number of aliphatic hydroxyl groups is 1. The molecule has 2 atom stereocenters. The molecular formula is C10H13F3N2O2. The number of alkyl halides is 3. The molecule has 2 N–H and O–H groups in total. The zero-order valence-corrected chi connectivity index (χ0v) is 9.00. The van der Waals surface area contributed by atoms with Crippen LogP contribution in [0.2, 0.25) is 0 Å². The highest BCUT2D eigenvalue weighted by atomic mass is 19.4. The molecule has 0 spiro atoms. The Balaban J connectivity index is 2.10. The van der Waals surface area contributed by atoms with E-state index < -0.39 is 18.0 Å². The van der Waals surface area contributed by atoms with Crippen LogP contribution in [0.5, 0.6) is 0 Å². The second-order valence-electron chi connectivity index (χ2n) is 4.14. The molecule has 17 heavy (non-hydrogen) atoms. The van der Waals surface area contributed by atoms with E-state index in [0.29, 0.717) is 12.3 Å². The Labute approximate surface area is 95.8 Å². The summed E-state index contributed by atoms with van der Waals surface area (Å²) in [5.74, 6) is 0.431. The lowest BCUT2D eigenvalue weighted by Gasteiger charge is -2.19. The van der Waals surface area contributed by atoms with Gasteiger partial charge in [0.2, 0.25) is 0 Å². The van der Waals surface area contributed by atoms with E-state index in [1.54, 1.807) is 0 Å². The number of nitrogens with zero attached hydrogens (tertiary/aromatic N) is 1. The van der Waals surface area contributed by atoms with E-state index in [1.807, 2.05) is 0 Å². The van der Waals surface area contributed by atoms with Crippen LogP contribution < -0.4 is 5.32 Å². The van der Waals surface area contributed by atoms with Crippen molar-refractivity contribution in [1.82, 2.24) is 10.5 Å². The maximum atomic E-state index is 12.2. The Kier molecular flexibility index (Phi) is 3.39. The Morgan fingerprint density at radius 1 is 1.53 bits per heavy atom. The summed E-state index contributed by atoms with van der Waals surface area (Å²) in [6.07, 6.45) is -5.48. The standard InChI is InChI=1S/C10H13F3N2O2/c11-10(12,13)9(16)7-4-8(17-15-7)6-2-1-3-14-5-6/h4,6,9,14,16H,1-3,5H2. The van der Waals surface area contributed by atoms with Crippen molar-refractivity contribution in [2.75, 3.05) is 13.1 Å². The Hall–Kier alpha value is -1.08. The van der Waals surface area contributed by atoms with Crippen LogP contribution in [0.15, 0.2) is 10.6 Å². The first-order chi connectivity index (χ1) is 7.98. The quantitative estimate of drug-likeness (QED) is 0.839. The van der Waals surface area contributed by atoms with Crippen molar-refractivity contribution >= 4 is 0 Å². The SMILES string of the molecule is OC(c1cc(C2CCCNC2)on1)C(F)(F)F. The van der Waals surface area contributed by atoms with Gasteiger partial charge in [0.15, 0.2) is 6.10 Å². The molecule has 1 aromatic rings. The lowest BCUT2D eigenvalue weighted by Crippen LogP contribution is -2.28. The van der Waals surface area contributed by atoms with Crippen molar-refractivity contribution in [3.63, 3.8) is 0 Å². The van der Waals surface area contributed by atoms with E-state index >= 15 is 0 Å². The van der Waals surface area contributed by atoms with Crippen molar-refractivity contribution < 1.29 is 22.8 Å². The van der Waals surface area contributed by atoms with Crippen LogP contribution in [0.1, 0.15) is 36.3 Å². The summed E-state index contributed by atoms with van der Waals surface area (Å²) in [5, 5.41) is 15.4. The number of rotatable bonds is 2. The Bertz CT molecular complexity index is 372. The lowest BCUT2D eigenvalue weighted by molar-refractivity contribution is -0.208. The fourth-order valence-electron chi connectivity index (χ4n) is 1.89. The van der Waals surface area contributed by atoms with Gasteiger partial charge in [-0.1, -0.05) is 5.16 Å². The van der Waals surface area contributed by atoms with Gasteiger partial charge in [0.1, 0.15) is 11.5 Å². The molecule has 96 valence electrons. The fourth-order valence-corrected chi connectivity index (χ4v) is 1.89. The highest BCUT2D eigenvalue weighted by Gasteiger charge is 2.41. The van der Waals surface area contributed by atoms with Gasteiger partial charge in [-0.15, -0.1) is 0 Å². The van der Waals surface area contributed by atoms with Crippen LogP contribution in [0, 0.1) is 0 Å². The zero-order valence-electron chi connectivity index (χ0n) is 9.00. The minimum absolute atomic E-state index is 0.0328. The summed E-state index contributed by atoms with van der Waals surface area (Å²) in [6.45, 7) is 1.57. The first kappa shape index (κ1) is 12.4. The van der Waals surface area contributed by atoms with Gasteiger partial charge in [-0.05, 0) is 19.4 Å². The second-order valence-corrected chi connectivity index (χ2v) is 4.14. The van der Waals surface area contributed by atoms with Crippen molar-refractivity contribution in [3.8, 4) is 0 Å². The predicted molar refractivity (Wildman–Crippen MR) is 52.4 cm³/mol. The fraction of sp³-hybridized carbons (Fsp3) is 0.700. The Morgan fingerprint density at radius 3 is 2.88 bits per heavy atom. The van der Waals surface area contributed by atoms with Crippen LogP contribution >= 0.6 is 0 Å². The second kappa shape index (κ2) is 4.66. The molecule has 0 amide bonds. The van der Waals surface area contributed by atoms with E-state index in [4.69, 9.17) is 9.63 Å². The molecule has 1 aliphatic rings. The molecule has 1 saturated heterocycles. The molecule has 1 aliphatic heterocycles. The maximum absolute atomic E-state index is 12.2. The van der Waals surface area contributed by atoms with Gasteiger partial charge in [0.25, 0.3) is 0 Å². The van der Waals surface area contributed by atoms with Crippen LogP contribution in [0.25, 0.3) is 0 Å². The molecule has 0 aliphatic carbocycles. The molecular weight excluding hydrogens is 237 g/mol. The molecule has 4 nitrogen and oxygen atoms in total. The highest BCUT2D eigenvalue weighted by molar-refractivity contribution is 5.14. The molecule has 0 saturated carbocycles. The highest BCUT2D eigenvalue weighted by Crippen LogP contribution is 2.33. The van der Waals surface area contributed by atoms with Gasteiger partial charge >= 0.3 is 6.18 Å². The molecule has 2 unspecified atom stereocenters. The summed E-state index contributed by atoms with van der Waals surface area (Å²) in [7, 11) is 0. The minimum Gasteiger partial charge on any atom is -0.378 e. The number of nitrogens with one attached hydrogen (secondary N) is 1. The number of halogens is 3. The minimum atomic E-state index is -4.71. The normalized spacial score (nSPS) is 23.6. The summed E-state index contributed by atoms with van der Waals surface area (Å²) < 4.78 is 41.6. The van der Waals surface area contributed by atoms with E-state index in [2.05, 4.69) is 10.5 Å². The third kappa shape index (κ3) is 2.78. The third-order valence-electron chi connectivity index (χ3n) is 2.84. The van der Waals surface area contributed by atoms with Crippen molar-refractivity contribution in [3.05, 3.63) is 17.5 Å². The number of aromatic nitrogens is 1. The number of hydrogen-bond acceptors (Lipinski definition) is 4. The van der Waals surface area contributed by atoms with E-state index in [0.717, 1.165) is 19.4 Å². The van der Waals surface area contributed by atoms with Gasteiger partial charge in [-0.25, -0.2) is 0 Å². The topological polar surface area (TPSA) is 58.3 Å². The average Bonchev–Trinajstić information content (AvgIpc) is 2.77. The van der Waals surface area contributed by atoms with Gasteiger partial charge < -0.3 is 14.9 Å². The third-order valence-corrected chi connectivity index (χ3v) is 2.84. The lowest BCUT2D eigenvalue weighted by atomic mass is 9.96. The Morgan fingerprint density at radius 2 is 2.29 bits per heavy atom. The van der Waals surface area contributed by atoms with E-state index in [1.165, 1.54) is 6.07 Å². The average molecular weight is 250 g/mol. The molecule has 1 aromatic heterocycles. The summed E-state index contributed by atoms with van der Waals surface area (Å²) in [5.41, 5.74) is -0.474. The molecule has 7 heteroatoms. The smallest absolute Gasteiger partial charge is 0.378 e. The number of hydrogen-bond donors (Lipinski definition) is 2. The van der Waals surface area contributed by atoms with Crippen LogP contribution in [0.4, 0.5) is 13.2 Å². The summed E-state index contributed by atoms with van der Waals surface area (Å²) in [6, 6.07) is 1.19. The molecule has 1 fully saturated rings. The van der Waals surface area contributed by atoms with Gasteiger partial charge in [-0.2, -0.15) is 13.2 Å². The molecule has 2 heterocycles. The van der Waals surface area contributed by atoms with Crippen molar-refractivity contribution in [2.45, 2.75) is 31.0 Å². The first-order valence-corrected chi connectivity index (χ1v) is 5.40. The van der Waals surface area contributed by atoms with Gasteiger partial charge in [0.05, 0.1) is 0 Å². The monoisotopic (exact) mass is 250 g/mol. The van der Waals surface area contributed by atoms with Crippen molar-refractivity contribution in [1.29, 1.82) is 0 Å². The van der Waals surface area contributed by atoms with E-state index in [-0.39, 0.29) is 5.92 Å². The maximum Gasteiger partial charge on any atom is 0.420 e.